The molecule has 0 unspecified atom stereocenters. The number of thiazole rings is 1. The lowest BCUT2D eigenvalue weighted by Crippen LogP contribution is -2.64. The lowest BCUT2D eigenvalue weighted by atomic mass is 9.91. The third-order valence-corrected chi connectivity index (χ3v) is 5.94. The van der Waals surface area contributed by atoms with Gasteiger partial charge in [0.15, 0.2) is 0 Å². The molecule has 6 heteroatoms. The fourth-order valence-electron chi connectivity index (χ4n) is 3.75. The summed E-state index contributed by atoms with van der Waals surface area (Å²) in [7, 11) is 0. The highest BCUT2D eigenvalue weighted by Crippen LogP contribution is 2.37. The molecule has 2 aliphatic rings. The van der Waals surface area contributed by atoms with Gasteiger partial charge in [0.2, 0.25) is 11.8 Å². The van der Waals surface area contributed by atoms with E-state index in [1.54, 1.807) is 28.4 Å². The molecule has 0 atom stereocenters. The predicted molar refractivity (Wildman–Crippen MR) is 94.6 cm³/mol. The highest BCUT2D eigenvalue weighted by Gasteiger charge is 2.49. The minimum atomic E-state index is -0.632. The molecule has 1 spiro atoms. The largest absolute Gasteiger partial charge is 0.352 e. The van der Waals surface area contributed by atoms with Crippen LogP contribution in [0, 0.1) is 0 Å². The van der Waals surface area contributed by atoms with Gasteiger partial charge in [0.05, 0.1) is 10.2 Å². The lowest BCUT2D eigenvalue weighted by molar-refractivity contribution is -0.148. The first kappa shape index (κ1) is 15.3. The zero-order chi connectivity index (χ0) is 16.6. The summed E-state index contributed by atoms with van der Waals surface area (Å²) < 4.78 is 1.11. The first-order chi connectivity index (χ1) is 11.7. The molecule has 2 heterocycles. The van der Waals surface area contributed by atoms with Crippen LogP contribution in [0.3, 0.4) is 0 Å². The number of hydrogen-bond acceptors (Lipinski definition) is 4. The molecule has 1 saturated heterocycles. The van der Waals surface area contributed by atoms with Gasteiger partial charge in [0.1, 0.15) is 10.5 Å². The normalized spacial score (nSPS) is 20.2. The van der Waals surface area contributed by atoms with Crippen molar-refractivity contribution in [2.24, 2.45) is 0 Å². The molecule has 1 N–H and O–H groups in total. The van der Waals surface area contributed by atoms with Gasteiger partial charge in [-0.05, 0) is 31.1 Å². The first-order valence-corrected chi connectivity index (χ1v) is 9.14. The standard InChI is InChI=1S/C18H19N3O2S/c22-16(8-7-15-20-13-5-1-2-6-14(13)24-15)21-12-11-19-17(23)18(21)9-3-4-10-18/h1-2,5-8H,3-4,9-12H2,(H,19,23). The number of fused-ring (bicyclic) bond motifs is 1. The minimum Gasteiger partial charge on any atom is -0.352 e. The zero-order valence-corrected chi connectivity index (χ0v) is 14.1. The number of para-hydroxylation sites is 1. The Morgan fingerprint density at radius 2 is 2.08 bits per heavy atom. The SMILES string of the molecule is O=C(C=Cc1nc2ccccc2s1)N1CCNC(=O)C12CCCC2. The van der Waals surface area contributed by atoms with E-state index >= 15 is 0 Å². The van der Waals surface area contributed by atoms with Crippen LogP contribution >= 0.6 is 11.3 Å². The maximum Gasteiger partial charge on any atom is 0.247 e. The Morgan fingerprint density at radius 1 is 1.29 bits per heavy atom. The Labute approximate surface area is 144 Å². The molecule has 4 rings (SSSR count). The second-order valence-electron chi connectivity index (χ2n) is 6.34. The summed E-state index contributed by atoms with van der Waals surface area (Å²) in [6, 6.07) is 7.92. The molecule has 0 bridgehead atoms. The van der Waals surface area contributed by atoms with Crippen molar-refractivity contribution in [2.45, 2.75) is 31.2 Å². The average Bonchev–Trinajstić information content (AvgIpc) is 3.22. The molecule has 1 saturated carbocycles. The van der Waals surface area contributed by atoms with Crippen molar-refractivity contribution in [1.82, 2.24) is 15.2 Å². The van der Waals surface area contributed by atoms with Crippen LogP contribution in [-0.2, 0) is 9.59 Å². The lowest BCUT2D eigenvalue weighted by Gasteiger charge is -2.43. The number of amides is 2. The Morgan fingerprint density at radius 3 is 2.88 bits per heavy atom. The molecule has 1 aromatic carbocycles. The van der Waals surface area contributed by atoms with E-state index in [1.165, 1.54) is 0 Å². The number of aromatic nitrogens is 1. The third-order valence-electron chi connectivity index (χ3n) is 4.94. The summed E-state index contributed by atoms with van der Waals surface area (Å²) in [6.45, 7) is 1.11. The first-order valence-electron chi connectivity index (χ1n) is 8.33. The molecule has 5 nitrogen and oxygen atoms in total. The molecular weight excluding hydrogens is 322 g/mol. The van der Waals surface area contributed by atoms with Crippen LogP contribution < -0.4 is 5.32 Å². The third kappa shape index (κ3) is 2.51. The second-order valence-corrected chi connectivity index (χ2v) is 7.40. The van der Waals surface area contributed by atoms with Crippen LogP contribution in [0.4, 0.5) is 0 Å². The maximum absolute atomic E-state index is 12.7. The van der Waals surface area contributed by atoms with E-state index in [1.807, 2.05) is 24.3 Å². The van der Waals surface area contributed by atoms with E-state index in [2.05, 4.69) is 10.3 Å². The molecular formula is C18H19N3O2S. The van der Waals surface area contributed by atoms with Gasteiger partial charge in [0.25, 0.3) is 0 Å². The molecule has 1 aliphatic carbocycles. The highest BCUT2D eigenvalue weighted by atomic mass is 32.1. The Hall–Kier alpha value is -2.21. The Bertz CT molecular complexity index is 788. The molecule has 24 heavy (non-hydrogen) atoms. The number of nitrogens with one attached hydrogen (secondary N) is 1. The van der Waals surface area contributed by atoms with Crippen molar-refractivity contribution in [3.63, 3.8) is 0 Å². The number of carbonyl (C=O) groups is 2. The van der Waals surface area contributed by atoms with E-state index < -0.39 is 5.54 Å². The predicted octanol–water partition coefficient (Wildman–Crippen LogP) is 2.58. The Kier molecular flexibility index (Phi) is 3.84. The summed E-state index contributed by atoms with van der Waals surface area (Å²) in [6.07, 6.45) is 6.86. The van der Waals surface area contributed by atoms with Crippen molar-refractivity contribution in [2.75, 3.05) is 13.1 Å². The summed E-state index contributed by atoms with van der Waals surface area (Å²) in [4.78, 5) is 31.4. The monoisotopic (exact) mass is 341 g/mol. The van der Waals surface area contributed by atoms with Gasteiger partial charge < -0.3 is 10.2 Å². The number of hydrogen-bond donors (Lipinski definition) is 1. The average molecular weight is 341 g/mol. The van der Waals surface area contributed by atoms with Crippen LogP contribution in [0.2, 0.25) is 0 Å². The van der Waals surface area contributed by atoms with E-state index in [-0.39, 0.29) is 11.8 Å². The van der Waals surface area contributed by atoms with Gasteiger partial charge in [-0.25, -0.2) is 4.98 Å². The number of benzene rings is 1. The van der Waals surface area contributed by atoms with Crippen LogP contribution in [0.15, 0.2) is 30.3 Å². The van der Waals surface area contributed by atoms with Crippen LogP contribution in [0.1, 0.15) is 30.7 Å². The fraction of sp³-hybridized carbons (Fsp3) is 0.389. The summed E-state index contributed by atoms with van der Waals surface area (Å²) >= 11 is 1.56. The quantitative estimate of drug-likeness (QED) is 0.854. The van der Waals surface area contributed by atoms with Gasteiger partial charge in [-0.2, -0.15) is 0 Å². The molecule has 1 aromatic heterocycles. The smallest absolute Gasteiger partial charge is 0.247 e. The number of nitrogens with zero attached hydrogens (tertiary/aromatic N) is 2. The molecule has 2 fully saturated rings. The van der Waals surface area contributed by atoms with Gasteiger partial charge in [0, 0.05) is 19.2 Å². The van der Waals surface area contributed by atoms with Crippen molar-refractivity contribution in [3.05, 3.63) is 35.3 Å². The molecule has 2 aromatic rings. The van der Waals surface area contributed by atoms with Gasteiger partial charge >= 0.3 is 0 Å². The Balaban J connectivity index is 1.57. The number of carbonyl (C=O) groups excluding carboxylic acids is 2. The van der Waals surface area contributed by atoms with E-state index in [0.717, 1.165) is 40.9 Å². The van der Waals surface area contributed by atoms with Crippen LogP contribution in [0.25, 0.3) is 16.3 Å². The maximum atomic E-state index is 12.7. The van der Waals surface area contributed by atoms with E-state index in [9.17, 15) is 9.59 Å². The molecule has 2 amide bonds. The van der Waals surface area contributed by atoms with E-state index in [4.69, 9.17) is 0 Å². The van der Waals surface area contributed by atoms with Crippen LogP contribution in [-0.4, -0.2) is 40.3 Å². The van der Waals surface area contributed by atoms with Crippen molar-refractivity contribution >= 4 is 39.4 Å². The van der Waals surface area contributed by atoms with Gasteiger partial charge in [-0.3, -0.25) is 9.59 Å². The molecule has 124 valence electrons. The van der Waals surface area contributed by atoms with Crippen LogP contribution in [0.5, 0.6) is 0 Å². The van der Waals surface area contributed by atoms with Gasteiger partial charge in [-0.1, -0.05) is 25.0 Å². The molecule has 0 radical (unpaired) electrons. The van der Waals surface area contributed by atoms with Crippen molar-refractivity contribution < 1.29 is 9.59 Å². The topological polar surface area (TPSA) is 62.3 Å². The number of piperazine rings is 1. The molecule has 1 aliphatic heterocycles. The zero-order valence-electron chi connectivity index (χ0n) is 13.3. The summed E-state index contributed by atoms with van der Waals surface area (Å²) in [5.74, 6) is -0.0843. The second kappa shape index (κ2) is 6.02. The van der Waals surface area contributed by atoms with E-state index in [0.29, 0.717) is 13.1 Å². The number of rotatable bonds is 2. The van der Waals surface area contributed by atoms with Crippen molar-refractivity contribution in [3.8, 4) is 0 Å². The summed E-state index contributed by atoms with van der Waals surface area (Å²) in [5.41, 5.74) is 0.312. The minimum absolute atomic E-state index is 0.00740. The fourth-order valence-corrected chi connectivity index (χ4v) is 4.62. The van der Waals surface area contributed by atoms with Gasteiger partial charge in [-0.15, -0.1) is 11.3 Å². The van der Waals surface area contributed by atoms with Crippen molar-refractivity contribution in [1.29, 1.82) is 0 Å². The summed E-state index contributed by atoms with van der Waals surface area (Å²) in [5, 5.41) is 3.74. The highest BCUT2D eigenvalue weighted by molar-refractivity contribution is 7.19.